The van der Waals surface area contributed by atoms with Crippen molar-refractivity contribution in [2.24, 2.45) is 0 Å². The van der Waals surface area contributed by atoms with Gasteiger partial charge in [-0.3, -0.25) is 9.59 Å². The number of hydrogen-bond acceptors (Lipinski definition) is 4. The molecule has 34 heavy (non-hydrogen) atoms. The molecule has 0 saturated heterocycles. The normalized spacial score (nSPS) is 19.2. The fraction of sp³-hybridized carbons (Fsp3) is 0.308. The van der Waals surface area contributed by atoms with Crippen molar-refractivity contribution in [3.05, 3.63) is 81.4 Å². The molecule has 0 radical (unpaired) electrons. The summed E-state index contributed by atoms with van der Waals surface area (Å²) in [6.45, 7) is 1.41. The van der Waals surface area contributed by atoms with Gasteiger partial charge in [0.05, 0.1) is 18.3 Å². The smallest absolute Gasteiger partial charge is 0.275 e. The van der Waals surface area contributed by atoms with Crippen molar-refractivity contribution in [3.8, 4) is 6.07 Å². The zero-order valence-electron chi connectivity index (χ0n) is 18.5. The van der Waals surface area contributed by atoms with Gasteiger partial charge >= 0.3 is 0 Å². The molecule has 1 atom stereocenters. The number of benzene rings is 1. The van der Waals surface area contributed by atoms with Crippen molar-refractivity contribution in [2.75, 3.05) is 6.54 Å². The van der Waals surface area contributed by atoms with Crippen molar-refractivity contribution in [1.82, 2.24) is 19.2 Å². The molecule has 170 valence electrons. The number of nitrogens with zero attached hydrogens (tertiary/aromatic N) is 5. The second-order valence-electron chi connectivity index (χ2n) is 9.00. The van der Waals surface area contributed by atoms with Crippen LogP contribution in [0.4, 0.5) is 0 Å². The van der Waals surface area contributed by atoms with Gasteiger partial charge in [-0.25, -0.2) is 4.68 Å². The number of amides is 1. The summed E-state index contributed by atoms with van der Waals surface area (Å²) < 4.78 is 3.61. The first kappa shape index (κ1) is 20.9. The molecule has 6 rings (SSSR count). The molecule has 0 N–H and O–H groups in total. The summed E-state index contributed by atoms with van der Waals surface area (Å²) in [7, 11) is 0. The van der Waals surface area contributed by atoms with Gasteiger partial charge < -0.3 is 9.47 Å². The van der Waals surface area contributed by atoms with E-state index < -0.39 is 6.04 Å². The third kappa shape index (κ3) is 3.13. The minimum atomic E-state index is -0.581. The predicted molar refractivity (Wildman–Crippen MR) is 126 cm³/mol. The number of Topliss-reactive ketones (excluding diaryl/α,β-unsaturated/α-hetero) is 1. The lowest BCUT2D eigenvalue weighted by Crippen LogP contribution is -2.48. The molecule has 7 nitrogen and oxygen atoms in total. The summed E-state index contributed by atoms with van der Waals surface area (Å²) in [5, 5.41) is 14.6. The summed E-state index contributed by atoms with van der Waals surface area (Å²) in [4.78, 5) is 28.9. The van der Waals surface area contributed by atoms with Gasteiger partial charge in [0.2, 0.25) is 0 Å². The number of halogens is 1. The number of allylic oxidation sites excluding steroid dienone is 1. The van der Waals surface area contributed by atoms with E-state index in [1.165, 1.54) is 0 Å². The largest absolute Gasteiger partial charge is 0.332 e. The van der Waals surface area contributed by atoms with Gasteiger partial charge in [0.25, 0.3) is 5.91 Å². The number of rotatable bonds is 3. The lowest BCUT2D eigenvalue weighted by atomic mass is 9.90. The van der Waals surface area contributed by atoms with E-state index in [2.05, 4.69) is 11.2 Å². The van der Waals surface area contributed by atoms with Crippen LogP contribution in [0.1, 0.15) is 51.4 Å². The lowest BCUT2D eigenvalue weighted by Gasteiger charge is -2.32. The molecule has 1 aromatic carbocycles. The highest BCUT2D eigenvalue weighted by Gasteiger charge is 2.41. The van der Waals surface area contributed by atoms with Crippen LogP contribution in [0.5, 0.6) is 0 Å². The number of hydrogen-bond donors (Lipinski definition) is 0. The molecular weight excluding hydrogens is 450 g/mol. The molecule has 4 heterocycles. The van der Waals surface area contributed by atoms with Crippen molar-refractivity contribution in [1.29, 1.82) is 5.26 Å². The highest BCUT2D eigenvalue weighted by atomic mass is 35.5. The first-order chi connectivity index (χ1) is 16.6. The minimum absolute atomic E-state index is 0.0473. The molecule has 2 aromatic heterocycles. The van der Waals surface area contributed by atoms with E-state index in [1.54, 1.807) is 9.58 Å². The number of nitriles is 1. The van der Waals surface area contributed by atoms with Gasteiger partial charge in [0.15, 0.2) is 11.5 Å². The van der Waals surface area contributed by atoms with Crippen molar-refractivity contribution in [2.45, 2.75) is 44.8 Å². The van der Waals surface area contributed by atoms with Crippen molar-refractivity contribution >= 4 is 28.9 Å². The highest BCUT2D eigenvalue weighted by Crippen LogP contribution is 2.36. The van der Waals surface area contributed by atoms with Crippen LogP contribution in [0.2, 0.25) is 5.15 Å². The van der Waals surface area contributed by atoms with Gasteiger partial charge in [-0.1, -0.05) is 48.0 Å². The molecule has 1 amide bonds. The van der Waals surface area contributed by atoms with Crippen molar-refractivity contribution < 1.29 is 9.59 Å². The average Bonchev–Trinajstić information content (AvgIpc) is 3.33. The van der Waals surface area contributed by atoms with Crippen molar-refractivity contribution in [3.63, 3.8) is 0 Å². The Kier molecular flexibility index (Phi) is 4.93. The van der Waals surface area contributed by atoms with Gasteiger partial charge in [0.1, 0.15) is 16.9 Å². The third-order valence-corrected chi connectivity index (χ3v) is 7.52. The van der Waals surface area contributed by atoms with Gasteiger partial charge in [-0.05, 0) is 42.9 Å². The Labute approximate surface area is 201 Å². The minimum Gasteiger partial charge on any atom is -0.332 e. The highest BCUT2D eigenvalue weighted by molar-refractivity contribution is 6.31. The van der Waals surface area contributed by atoms with Crippen LogP contribution in [0.15, 0.2) is 42.5 Å². The maximum atomic E-state index is 13.7. The summed E-state index contributed by atoms with van der Waals surface area (Å²) in [6.07, 6.45) is 4.56. The second-order valence-corrected chi connectivity index (χ2v) is 9.36. The maximum Gasteiger partial charge on any atom is 0.275 e. The topological polar surface area (TPSA) is 83.9 Å². The van der Waals surface area contributed by atoms with Crippen LogP contribution >= 0.6 is 11.6 Å². The standard InChI is InChI=1S/C26H22ClN5O2/c27-25-19-9-11-31(26(34)22(19)29-32(25)15-16-5-2-1-3-6-16)21-10-12-30-18(14-28)13-17-7-4-8-20(23(17)30)24(21)33/h1-3,5-6,8,13,21H,4,7,9-12,15H2. The number of fused-ring (bicyclic) bond motifs is 1. The van der Waals surface area contributed by atoms with Crippen LogP contribution < -0.4 is 0 Å². The summed E-state index contributed by atoms with van der Waals surface area (Å²) in [5.74, 6) is -0.300. The van der Waals surface area contributed by atoms with E-state index >= 15 is 0 Å². The molecule has 2 aliphatic heterocycles. The molecular formula is C26H22ClN5O2. The number of carbonyl (C=O) groups is 2. The molecule has 1 unspecified atom stereocenters. The van der Waals surface area contributed by atoms with Gasteiger partial charge in [-0.2, -0.15) is 10.4 Å². The Hall–Kier alpha value is -3.63. The zero-order chi connectivity index (χ0) is 23.4. The van der Waals surface area contributed by atoms with Crippen LogP contribution in [0, 0.1) is 11.3 Å². The Balaban J connectivity index is 1.32. The van der Waals surface area contributed by atoms with E-state index in [9.17, 15) is 14.9 Å². The molecule has 0 spiro atoms. The molecule has 0 bridgehead atoms. The van der Waals surface area contributed by atoms with E-state index in [0.29, 0.717) is 54.6 Å². The maximum absolute atomic E-state index is 13.7. The number of aromatic nitrogens is 3. The van der Waals surface area contributed by atoms with Gasteiger partial charge in [0, 0.05) is 24.2 Å². The Bertz CT molecular complexity index is 1410. The van der Waals surface area contributed by atoms with Gasteiger partial charge in [-0.15, -0.1) is 0 Å². The summed E-state index contributed by atoms with van der Waals surface area (Å²) >= 11 is 6.62. The fourth-order valence-electron chi connectivity index (χ4n) is 5.48. The first-order valence-electron chi connectivity index (χ1n) is 11.5. The average molecular weight is 472 g/mol. The summed E-state index contributed by atoms with van der Waals surface area (Å²) in [5.41, 5.74) is 5.23. The quantitative estimate of drug-likeness (QED) is 0.584. The molecule has 0 fully saturated rings. The van der Waals surface area contributed by atoms with E-state index in [-0.39, 0.29) is 11.7 Å². The number of carbonyl (C=O) groups excluding carboxylic acids is 2. The van der Waals surface area contributed by atoms with Crippen LogP contribution in [0.3, 0.4) is 0 Å². The zero-order valence-corrected chi connectivity index (χ0v) is 19.3. The van der Waals surface area contributed by atoms with E-state index in [4.69, 9.17) is 11.6 Å². The molecule has 3 aliphatic rings. The third-order valence-electron chi connectivity index (χ3n) is 7.10. The summed E-state index contributed by atoms with van der Waals surface area (Å²) in [6, 6.07) is 13.4. The Morgan fingerprint density at radius 2 is 1.97 bits per heavy atom. The van der Waals surface area contributed by atoms with Crippen LogP contribution in [-0.2, 0) is 30.7 Å². The number of aryl methyl sites for hydroxylation is 1. The predicted octanol–water partition coefficient (Wildman–Crippen LogP) is 3.63. The van der Waals surface area contributed by atoms with E-state index in [1.807, 2.05) is 47.0 Å². The lowest BCUT2D eigenvalue weighted by molar-refractivity contribution is -0.118. The molecule has 3 aromatic rings. The first-order valence-corrected chi connectivity index (χ1v) is 11.9. The Morgan fingerprint density at radius 3 is 2.76 bits per heavy atom. The molecule has 0 saturated carbocycles. The monoisotopic (exact) mass is 471 g/mol. The Morgan fingerprint density at radius 1 is 1.15 bits per heavy atom. The molecule has 8 heteroatoms. The SMILES string of the molecule is N#Cc1cc2c3n1CCC(N1CCc4c(nn(Cc5ccccc5)c4Cl)C1=O)C(=O)C3=CCC2. The number of ketones is 1. The van der Waals surface area contributed by atoms with E-state index in [0.717, 1.165) is 35.2 Å². The molecule has 1 aliphatic carbocycles. The second kappa shape index (κ2) is 8.00. The van der Waals surface area contributed by atoms with Crippen LogP contribution in [0.25, 0.3) is 5.57 Å². The fourth-order valence-corrected chi connectivity index (χ4v) is 5.77. The van der Waals surface area contributed by atoms with Crippen LogP contribution in [-0.4, -0.2) is 43.5 Å².